The van der Waals surface area contributed by atoms with E-state index in [9.17, 15) is 0 Å². The normalized spacial score (nSPS) is 15.0. The van der Waals surface area contributed by atoms with Crippen molar-refractivity contribution >= 4 is 0 Å². The van der Waals surface area contributed by atoms with Gasteiger partial charge in [0.2, 0.25) is 5.89 Å². The predicted molar refractivity (Wildman–Crippen MR) is 89.5 cm³/mol. The quantitative estimate of drug-likeness (QED) is 0.741. The number of aromatic nitrogens is 4. The van der Waals surface area contributed by atoms with Crippen LogP contribution in [-0.2, 0) is 25.0 Å². The third-order valence-electron chi connectivity index (χ3n) is 4.22. The van der Waals surface area contributed by atoms with Crippen LogP contribution in [0, 0.1) is 0 Å². The summed E-state index contributed by atoms with van der Waals surface area (Å²) in [5.41, 5.74) is 3.49. The number of para-hydroxylation sites is 1. The molecule has 124 valence electrons. The summed E-state index contributed by atoms with van der Waals surface area (Å²) in [6, 6.07) is 10.2. The number of benzene rings is 1. The van der Waals surface area contributed by atoms with Gasteiger partial charge in [0.15, 0.2) is 5.82 Å². The summed E-state index contributed by atoms with van der Waals surface area (Å²) >= 11 is 0. The van der Waals surface area contributed by atoms with Crippen LogP contribution >= 0.6 is 0 Å². The molecular weight excluding hydrogens is 302 g/mol. The fraction of sp³-hybridized carbons (Fsp3) is 0.389. The zero-order valence-corrected chi connectivity index (χ0v) is 14.2. The highest BCUT2D eigenvalue weighted by Crippen LogP contribution is 2.26. The summed E-state index contributed by atoms with van der Waals surface area (Å²) in [4.78, 5) is 6.83. The first-order valence-electron chi connectivity index (χ1n) is 8.17. The highest BCUT2D eigenvalue weighted by Gasteiger charge is 2.27. The molecule has 1 aliphatic heterocycles. The second-order valence-electron chi connectivity index (χ2n) is 7.27. The van der Waals surface area contributed by atoms with Crippen LogP contribution in [0.2, 0.25) is 0 Å². The summed E-state index contributed by atoms with van der Waals surface area (Å²) < 4.78 is 7.44. The van der Waals surface area contributed by atoms with Crippen molar-refractivity contribution in [2.75, 3.05) is 0 Å². The maximum Gasteiger partial charge on any atom is 0.240 e. The van der Waals surface area contributed by atoms with Crippen LogP contribution in [0.4, 0.5) is 0 Å². The molecule has 0 saturated carbocycles. The standard InChI is InChI=1S/C18H21N5O/c1-18(2,3)17-20-16(24-21-17)12-22-10-13-9-19-23(15(13)11-22)14-7-5-4-6-8-14/h4-9H,10-12H2,1-3H3. The molecular formula is C18H21N5O. The summed E-state index contributed by atoms with van der Waals surface area (Å²) in [5.74, 6) is 1.42. The average Bonchev–Trinajstić information content (AvgIpc) is 3.23. The van der Waals surface area contributed by atoms with Gasteiger partial charge in [0.1, 0.15) is 0 Å². The molecule has 1 aromatic carbocycles. The third-order valence-corrected chi connectivity index (χ3v) is 4.22. The van der Waals surface area contributed by atoms with Crippen molar-refractivity contribution in [3.8, 4) is 5.69 Å². The van der Waals surface area contributed by atoms with Gasteiger partial charge in [0.25, 0.3) is 0 Å². The largest absolute Gasteiger partial charge is 0.338 e. The van der Waals surface area contributed by atoms with Gasteiger partial charge in [-0.2, -0.15) is 10.1 Å². The van der Waals surface area contributed by atoms with Crippen LogP contribution in [0.5, 0.6) is 0 Å². The Morgan fingerprint density at radius 1 is 1.12 bits per heavy atom. The zero-order valence-electron chi connectivity index (χ0n) is 14.2. The maximum atomic E-state index is 5.42. The number of fused-ring (bicyclic) bond motifs is 1. The average molecular weight is 323 g/mol. The van der Waals surface area contributed by atoms with Gasteiger partial charge < -0.3 is 4.52 Å². The topological polar surface area (TPSA) is 60.0 Å². The van der Waals surface area contributed by atoms with Crippen LogP contribution in [0.1, 0.15) is 43.7 Å². The summed E-state index contributed by atoms with van der Waals surface area (Å²) in [5, 5.41) is 8.63. The maximum absolute atomic E-state index is 5.42. The molecule has 6 nitrogen and oxygen atoms in total. The lowest BCUT2D eigenvalue weighted by atomic mass is 9.96. The van der Waals surface area contributed by atoms with E-state index >= 15 is 0 Å². The van der Waals surface area contributed by atoms with Gasteiger partial charge >= 0.3 is 0 Å². The summed E-state index contributed by atoms with van der Waals surface area (Å²) in [6.07, 6.45) is 1.96. The van der Waals surface area contributed by atoms with Gasteiger partial charge in [-0.25, -0.2) is 4.68 Å². The highest BCUT2D eigenvalue weighted by molar-refractivity contribution is 5.36. The molecule has 3 heterocycles. The first-order chi connectivity index (χ1) is 11.5. The molecule has 0 bridgehead atoms. The second kappa shape index (κ2) is 5.56. The van der Waals surface area contributed by atoms with E-state index < -0.39 is 0 Å². The van der Waals surface area contributed by atoms with E-state index in [1.807, 2.05) is 29.1 Å². The van der Waals surface area contributed by atoms with Crippen LogP contribution < -0.4 is 0 Å². The summed E-state index contributed by atoms with van der Waals surface area (Å²) in [7, 11) is 0. The first kappa shape index (κ1) is 15.1. The molecule has 0 fully saturated rings. The molecule has 0 radical (unpaired) electrons. The fourth-order valence-electron chi connectivity index (χ4n) is 2.94. The number of nitrogens with zero attached hydrogens (tertiary/aromatic N) is 5. The molecule has 0 atom stereocenters. The van der Waals surface area contributed by atoms with E-state index in [0.29, 0.717) is 12.4 Å². The molecule has 6 heteroatoms. The molecule has 0 N–H and O–H groups in total. The lowest BCUT2D eigenvalue weighted by Gasteiger charge is -2.13. The zero-order chi connectivity index (χ0) is 16.7. The van der Waals surface area contributed by atoms with E-state index in [2.05, 4.69) is 53.0 Å². The molecule has 3 aromatic rings. The monoisotopic (exact) mass is 323 g/mol. The molecule has 24 heavy (non-hydrogen) atoms. The molecule has 0 saturated heterocycles. The Hall–Kier alpha value is -2.47. The lowest BCUT2D eigenvalue weighted by molar-refractivity contribution is 0.227. The Morgan fingerprint density at radius 3 is 2.62 bits per heavy atom. The lowest BCUT2D eigenvalue weighted by Crippen LogP contribution is -2.18. The predicted octanol–water partition coefficient (Wildman–Crippen LogP) is 3.07. The van der Waals surface area contributed by atoms with Crippen molar-refractivity contribution in [1.82, 2.24) is 24.8 Å². The van der Waals surface area contributed by atoms with Crippen molar-refractivity contribution < 1.29 is 4.52 Å². The summed E-state index contributed by atoms with van der Waals surface area (Å²) in [6.45, 7) is 8.60. The molecule has 0 aliphatic carbocycles. The van der Waals surface area contributed by atoms with Gasteiger partial charge in [-0.15, -0.1) is 0 Å². The second-order valence-corrected chi connectivity index (χ2v) is 7.27. The third kappa shape index (κ3) is 2.73. The minimum Gasteiger partial charge on any atom is -0.338 e. The Bertz CT molecular complexity index is 844. The molecule has 1 aliphatic rings. The number of hydrogen-bond acceptors (Lipinski definition) is 5. The minimum atomic E-state index is -0.0937. The van der Waals surface area contributed by atoms with Crippen LogP contribution in [-0.4, -0.2) is 24.8 Å². The minimum absolute atomic E-state index is 0.0937. The van der Waals surface area contributed by atoms with Crippen molar-refractivity contribution in [2.24, 2.45) is 0 Å². The van der Waals surface area contributed by atoms with Crippen molar-refractivity contribution in [3.63, 3.8) is 0 Å². The molecule has 4 rings (SSSR count). The van der Waals surface area contributed by atoms with Crippen molar-refractivity contribution in [2.45, 2.75) is 45.8 Å². The molecule has 2 aromatic heterocycles. The van der Waals surface area contributed by atoms with Gasteiger partial charge in [-0.1, -0.05) is 44.1 Å². The Balaban J connectivity index is 1.50. The van der Waals surface area contributed by atoms with Crippen molar-refractivity contribution in [1.29, 1.82) is 0 Å². The van der Waals surface area contributed by atoms with Crippen molar-refractivity contribution in [3.05, 3.63) is 59.5 Å². The van der Waals surface area contributed by atoms with E-state index in [1.165, 1.54) is 11.3 Å². The van der Waals surface area contributed by atoms with Gasteiger partial charge in [0.05, 0.1) is 24.1 Å². The number of rotatable bonds is 3. The number of hydrogen-bond donors (Lipinski definition) is 0. The Labute approximate surface area is 141 Å². The molecule has 0 amide bonds. The molecule has 0 spiro atoms. The fourth-order valence-corrected chi connectivity index (χ4v) is 2.94. The SMILES string of the molecule is CC(C)(C)c1noc(CN2Cc3cnn(-c4ccccc4)c3C2)n1. The smallest absolute Gasteiger partial charge is 0.240 e. The van der Waals surface area contributed by atoms with E-state index in [0.717, 1.165) is 24.6 Å². The van der Waals surface area contributed by atoms with E-state index in [1.54, 1.807) is 0 Å². The van der Waals surface area contributed by atoms with E-state index in [-0.39, 0.29) is 5.41 Å². The van der Waals surface area contributed by atoms with Gasteiger partial charge in [0, 0.05) is 24.1 Å². The van der Waals surface area contributed by atoms with Gasteiger partial charge in [-0.3, -0.25) is 4.90 Å². The van der Waals surface area contributed by atoms with Crippen LogP contribution in [0.15, 0.2) is 41.1 Å². The Morgan fingerprint density at radius 2 is 1.92 bits per heavy atom. The van der Waals surface area contributed by atoms with E-state index in [4.69, 9.17) is 4.52 Å². The van der Waals surface area contributed by atoms with Gasteiger partial charge in [-0.05, 0) is 12.1 Å². The highest BCUT2D eigenvalue weighted by atomic mass is 16.5. The van der Waals surface area contributed by atoms with Crippen LogP contribution in [0.25, 0.3) is 5.69 Å². The Kier molecular flexibility index (Phi) is 3.49. The van der Waals surface area contributed by atoms with Crippen LogP contribution in [0.3, 0.4) is 0 Å². The molecule has 0 unspecified atom stereocenters. The first-order valence-corrected chi connectivity index (χ1v) is 8.17.